The van der Waals surface area contributed by atoms with E-state index < -0.39 is 21.5 Å². The summed E-state index contributed by atoms with van der Waals surface area (Å²) in [5, 5.41) is 2.29. The Morgan fingerprint density at radius 1 is 1.50 bits per heavy atom. The number of hydrogen-bond acceptors (Lipinski definition) is 4. The molecular weight excluding hydrogens is 252 g/mol. The Morgan fingerprint density at radius 3 is 2.69 bits per heavy atom. The lowest BCUT2D eigenvalue weighted by Crippen LogP contribution is -2.27. The van der Waals surface area contributed by atoms with Crippen molar-refractivity contribution in [3.8, 4) is 0 Å². The molecule has 7 heteroatoms. The van der Waals surface area contributed by atoms with Gasteiger partial charge in [-0.05, 0) is 18.2 Å². The van der Waals surface area contributed by atoms with Gasteiger partial charge in [-0.1, -0.05) is 11.6 Å². The molecule has 0 saturated carbocycles. The third kappa shape index (κ3) is 2.86. The van der Waals surface area contributed by atoms with E-state index >= 15 is 0 Å². The molecule has 1 aromatic rings. The third-order valence-corrected chi connectivity index (χ3v) is 3.98. The number of nitrogen functional groups attached to an aromatic ring is 1. The summed E-state index contributed by atoms with van der Waals surface area (Å²) in [6, 6.07) is 4.11. The summed E-state index contributed by atoms with van der Waals surface area (Å²) < 4.78 is 23.5. The Hall–Kier alpha value is -1.27. The number of rotatable bonds is 3. The average molecular weight is 263 g/mol. The minimum atomic E-state index is -3.75. The summed E-state index contributed by atoms with van der Waals surface area (Å²) in [6.45, 7) is 0. The summed E-state index contributed by atoms with van der Waals surface area (Å²) >= 11 is 5.74. The van der Waals surface area contributed by atoms with E-state index in [0.29, 0.717) is 0 Å². The van der Waals surface area contributed by atoms with Crippen LogP contribution in [-0.4, -0.2) is 27.1 Å². The standard InChI is InChI=1S/C9H11ClN2O3S/c1-12-9(13)5-16(14,15)8-4-6(11)2-3-7(8)10/h2-4H,5,11H2,1H3,(H,12,13). The maximum absolute atomic E-state index is 11.8. The molecule has 16 heavy (non-hydrogen) atoms. The largest absolute Gasteiger partial charge is 0.399 e. The number of halogens is 1. The molecule has 1 amide bonds. The molecule has 0 unspecified atom stereocenters. The lowest BCUT2D eigenvalue weighted by molar-refractivity contribution is -0.118. The Balaban J connectivity index is 3.17. The normalized spacial score (nSPS) is 11.1. The van der Waals surface area contributed by atoms with Gasteiger partial charge < -0.3 is 11.1 Å². The van der Waals surface area contributed by atoms with Crippen LogP contribution in [0.4, 0.5) is 5.69 Å². The predicted molar refractivity (Wildman–Crippen MR) is 62.0 cm³/mol. The van der Waals surface area contributed by atoms with Gasteiger partial charge in [-0.15, -0.1) is 0 Å². The van der Waals surface area contributed by atoms with Crippen molar-refractivity contribution in [2.24, 2.45) is 0 Å². The summed E-state index contributed by atoms with van der Waals surface area (Å²) in [6.07, 6.45) is 0. The van der Waals surface area contributed by atoms with E-state index in [1.54, 1.807) is 0 Å². The summed E-state index contributed by atoms with van der Waals surface area (Å²) in [5.41, 5.74) is 5.74. The van der Waals surface area contributed by atoms with E-state index in [4.69, 9.17) is 17.3 Å². The number of carbonyl (C=O) groups excluding carboxylic acids is 1. The van der Waals surface area contributed by atoms with Gasteiger partial charge in [0, 0.05) is 12.7 Å². The second-order valence-corrected chi connectivity index (χ2v) is 5.49. The molecule has 0 aliphatic heterocycles. The molecule has 0 spiro atoms. The number of hydrogen-bond donors (Lipinski definition) is 2. The number of amides is 1. The SMILES string of the molecule is CNC(=O)CS(=O)(=O)c1cc(N)ccc1Cl. The van der Waals surface area contributed by atoms with Gasteiger partial charge in [-0.25, -0.2) is 8.42 Å². The first-order chi connectivity index (χ1) is 7.36. The first-order valence-corrected chi connectivity index (χ1v) is 6.38. The lowest BCUT2D eigenvalue weighted by atomic mass is 10.3. The molecule has 0 radical (unpaired) electrons. The van der Waals surface area contributed by atoms with Crippen LogP contribution < -0.4 is 11.1 Å². The van der Waals surface area contributed by atoms with Gasteiger partial charge in [0.2, 0.25) is 5.91 Å². The summed E-state index contributed by atoms with van der Waals surface area (Å²) in [4.78, 5) is 10.9. The number of benzene rings is 1. The summed E-state index contributed by atoms with van der Waals surface area (Å²) in [7, 11) is -2.39. The Bertz CT molecular complexity index is 513. The first-order valence-electron chi connectivity index (χ1n) is 4.35. The van der Waals surface area contributed by atoms with Crippen LogP contribution in [0.1, 0.15) is 0 Å². The number of sulfone groups is 1. The Morgan fingerprint density at radius 2 is 2.12 bits per heavy atom. The second kappa shape index (κ2) is 4.71. The van der Waals surface area contributed by atoms with Gasteiger partial charge in [0.25, 0.3) is 0 Å². The highest BCUT2D eigenvalue weighted by molar-refractivity contribution is 7.92. The van der Waals surface area contributed by atoms with Crippen LogP contribution in [0, 0.1) is 0 Å². The van der Waals surface area contributed by atoms with Gasteiger partial charge in [0.05, 0.1) is 9.92 Å². The van der Waals surface area contributed by atoms with Crippen molar-refractivity contribution in [1.29, 1.82) is 0 Å². The van der Waals surface area contributed by atoms with E-state index in [9.17, 15) is 13.2 Å². The Labute approximate surface area is 98.5 Å². The molecule has 0 heterocycles. The van der Waals surface area contributed by atoms with Crippen molar-refractivity contribution < 1.29 is 13.2 Å². The minimum Gasteiger partial charge on any atom is -0.399 e. The van der Waals surface area contributed by atoms with E-state index in [-0.39, 0.29) is 15.6 Å². The van der Waals surface area contributed by atoms with Gasteiger partial charge in [-0.3, -0.25) is 4.79 Å². The highest BCUT2D eigenvalue weighted by Crippen LogP contribution is 2.24. The number of anilines is 1. The molecule has 0 aliphatic rings. The van der Waals surface area contributed by atoms with Gasteiger partial charge in [0.1, 0.15) is 5.75 Å². The zero-order valence-electron chi connectivity index (χ0n) is 8.53. The highest BCUT2D eigenvalue weighted by Gasteiger charge is 2.21. The summed E-state index contributed by atoms with van der Waals surface area (Å²) in [5.74, 6) is -1.24. The average Bonchev–Trinajstić information content (AvgIpc) is 2.20. The van der Waals surface area contributed by atoms with Gasteiger partial charge >= 0.3 is 0 Å². The molecule has 0 fully saturated rings. The molecular formula is C9H11ClN2O3S. The van der Waals surface area contributed by atoms with Crippen LogP contribution in [0.3, 0.4) is 0 Å². The predicted octanol–water partition coefficient (Wildman–Crippen LogP) is 0.442. The monoisotopic (exact) mass is 262 g/mol. The molecule has 0 saturated heterocycles. The zero-order chi connectivity index (χ0) is 12.3. The van der Waals surface area contributed by atoms with Crippen LogP contribution in [0.5, 0.6) is 0 Å². The third-order valence-electron chi connectivity index (χ3n) is 1.89. The molecule has 88 valence electrons. The van der Waals surface area contributed by atoms with Crippen LogP contribution in [0.25, 0.3) is 0 Å². The van der Waals surface area contributed by atoms with E-state index in [1.165, 1.54) is 25.2 Å². The van der Waals surface area contributed by atoms with Crippen molar-refractivity contribution in [3.63, 3.8) is 0 Å². The van der Waals surface area contributed by atoms with Crippen molar-refractivity contribution in [3.05, 3.63) is 23.2 Å². The molecule has 0 bridgehead atoms. The smallest absolute Gasteiger partial charge is 0.235 e. The Kier molecular flexibility index (Phi) is 3.77. The zero-order valence-corrected chi connectivity index (χ0v) is 10.1. The van der Waals surface area contributed by atoms with Gasteiger partial charge in [-0.2, -0.15) is 0 Å². The topological polar surface area (TPSA) is 89.3 Å². The van der Waals surface area contributed by atoms with Crippen LogP contribution in [0.2, 0.25) is 5.02 Å². The fourth-order valence-electron chi connectivity index (χ4n) is 1.08. The molecule has 3 N–H and O–H groups in total. The minimum absolute atomic E-state index is 0.0538. The molecule has 0 aromatic heterocycles. The van der Waals surface area contributed by atoms with E-state index in [1.807, 2.05) is 0 Å². The highest BCUT2D eigenvalue weighted by atomic mass is 35.5. The second-order valence-electron chi connectivity index (χ2n) is 3.12. The number of nitrogens with one attached hydrogen (secondary N) is 1. The van der Waals surface area contributed by atoms with Crippen LogP contribution in [-0.2, 0) is 14.6 Å². The van der Waals surface area contributed by atoms with Crippen LogP contribution in [0.15, 0.2) is 23.1 Å². The fraction of sp³-hybridized carbons (Fsp3) is 0.222. The molecule has 0 atom stereocenters. The number of nitrogens with two attached hydrogens (primary N) is 1. The number of carbonyl (C=O) groups is 1. The van der Waals surface area contributed by atoms with Crippen molar-refractivity contribution in [2.45, 2.75) is 4.90 Å². The first kappa shape index (κ1) is 12.8. The van der Waals surface area contributed by atoms with E-state index in [2.05, 4.69) is 5.32 Å². The lowest BCUT2D eigenvalue weighted by Gasteiger charge is -2.06. The van der Waals surface area contributed by atoms with E-state index in [0.717, 1.165) is 0 Å². The maximum atomic E-state index is 11.8. The van der Waals surface area contributed by atoms with Crippen molar-refractivity contribution in [1.82, 2.24) is 5.32 Å². The van der Waals surface area contributed by atoms with Crippen molar-refractivity contribution in [2.75, 3.05) is 18.5 Å². The molecule has 1 rings (SSSR count). The molecule has 0 aliphatic carbocycles. The van der Waals surface area contributed by atoms with Crippen LogP contribution >= 0.6 is 11.6 Å². The van der Waals surface area contributed by atoms with Gasteiger partial charge in [0.15, 0.2) is 9.84 Å². The van der Waals surface area contributed by atoms with Crippen molar-refractivity contribution >= 4 is 33.0 Å². The molecule has 5 nitrogen and oxygen atoms in total. The molecule has 1 aromatic carbocycles. The fourth-order valence-corrected chi connectivity index (χ4v) is 2.88. The quantitative estimate of drug-likeness (QED) is 0.774. The maximum Gasteiger partial charge on any atom is 0.235 e.